The molecule has 0 spiro atoms. The standard InChI is InChI=1S/C9H10O2S2/c1-2-11-9(10)8-5-7-6(13-8)3-4-12-7/h3-7H,2H2,1H3. The number of rotatable bonds is 2. The second kappa shape index (κ2) is 3.80. The monoisotopic (exact) mass is 214 g/mol. The lowest BCUT2D eigenvalue weighted by Crippen LogP contribution is -2.05. The second-order valence-electron chi connectivity index (χ2n) is 2.76. The van der Waals surface area contributed by atoms with Crippen molar-refractivity contribution in [2.45, 2.75) is 17.4 Å². The molecule has 0 N–H and O–H groups in total. The van der Waals surface area contributed by atoms with Gasteiger partial charge in [0.15, 0.2) is 0 Å². The topological polar surface area (TPSA) is 26.3 Å². The Bertz CT molecular complexity index is 283. The molecule has 0 saturated carbocycles. The van der Waals surface area contributed by atoms with Gasteiger partial charge in [0.05, 0.1) is 11.5 Å². The van der Waals surface area contributed by atoms with Gasteiger partial charge in [-0.1, -0.05) is 6.08 Å². The molecule has 0 fully saturated rings. The molecule has 2 nitrogen and oxygen atoms in total. The van der Waals surface area contributed by atoms with Crippen molar-refractivity contribution in [3.63, 3.8) is 0 Å². The van der Waals surface area contributed by atoms with E-state index in [1.54, 1.807) is 23.5 Å². The Morgan fingerprint density at radius 2 is 2.46 bits per heavy atom. The molecule has 70 valence electrons. The zero-order valence-corrected chi connectivity index (χ0v) is 8.86. The molecule has 2 aliphatic heterocycles. The van der Waals surface area contributed by atoms with E-state index in [1.807, 2.05) is 13.0 Å². The Balaban J connectivity index is 2.00. The normalized spacial score (nSPS) is 30.1. The molecule has 0 aliphatic carbocycles. The summed E-state index contributed by atoms with van der Waals surface area (Å²) in [5, 5.41) is 3.00. The van der Waals surface area contributed by atoms with Crippen molar-refractivity contribution >= 4 is 29.5 Å². The van der Waals surface area contributed by atoms with E-state index in [4.69, 9.17) is 4.74 Å². The highest BCUT2D eigenvalue weighted by atomic mass is 32.2. The maximum Gasteiger partial charge on any atom is 0.344 e. The third-order valence-electron chi connectivity index (χ3n) is 1.88. The minimum absolute atomic E-state index is 0.170. The van der Waals surface area contributed by atoms with Gasteiger partial charge < -0.3 is 4.74 Å². The van der Waals surface area contributed by atoms with Crippen molar-refractivity contribution < 1.29 is 9.53 Å². The van der Waals surface area contributed by atoms with E-state index in [-0.39, 0.29) is 5.97 Å². The summed E-state index contributed by atoms with van der Waals surface area (Å²) in [6.45, 7) is 2.28. The van der Waals surface area contributed by atoms with Crippen LogP contribution in [0.15, 0.2) is 22.5 Å². The Hall–Kier alpha value is -0.350. The van der Waals surface area contributed by atoms with Gasteiger partial charge in [0.1, 0.15) is 0 Å². The first kappa shape index (κ1) is 9.21. The molecule has 0 aromatic heterocycles. The van der Waals surface area contributed by atoms with Crippen LogP contribution in [0.5, 0.6) is 0 Å². The average molecular weight is 214 g/mol. The number of hydrogen-bond donors (Lipinski definition) is 0. The molecule has 2 unspecified atom stereocenters. The first-order valence-corrected chi connectivity index (χ1v) is 6.01. The number of thioether (sulfide) groups is 2. The zero-order chi connectivity index (χ0) is 9.26. The van der Waals surface area contributed by atoms with Crippen molar-refractivity contribution in [2.24, 2.45) is 0 Å². The number of esters is 1. The SMILES string of the molecule is CCOC(=O)C1=CC2SC=CC2S1. The smallest absolute Gasteiger partial charge is 0.344 e. The zero-order valence-electron chi connectivity index (χ0n) is 7.23. The van der Waals surface area contributed by atoms with Crippen LogP contribution < -0.4 is 0 Å². The van der Waals surface area contributed by atoms with E-state index in [0.717, 1.165) is 4.91 Å². The van der Waals surface area contributed by atoms with Crippen LogP contribution in [0.2, 0.25) is 0 Å². The van der Waals surface area contributed by atoms with Gasteiger partial charge in [-0.3, -0.25) is 0 Å². The molecule has 0 aromatic carbocycles. The van der Waals surface area contributed by atoms with Crippen LogP contribution in [0.4, 0.5) is 0 Å². The largest absolute Gasteiger partial charge is 0.462 e. The molecule has 0 bridgehead atoms. The lowest BCUT2D eigenvalue weighted by Gasteiger charge is -2.04. The van der Waals surface area contributed by atoms with E-state index < -0.39 is 0 Å². The molecular weight excluding hydrogens is 204 g/mol. The van der Waals surface area contributed by atoms with E-state index in [2.05, 4.69) is 11.5 Å². The molecule has 0 saturated heterocycles. The van der Waals surface area contributed by atoms with Gasteiger partial charge in [-0.25, -0.2) is 4.79 Å². The summed E-state index contributed by atoms with van der Waals surface area (Å²) in [7, 11) is 0. The van der Waals surface area contributed by atoms with Crippen LogP contribution in [0.1, 0.15) is 6.92 Å². The van der Waals surface area contributed by atoms with Gasteiger partial charge in [-0.05, 0) is 18.4 Å². The maximum absolute atomic E-state index is 11.3. The van der Waals surface area contributed by atoms with Crippen LogP contribution in [0.25, 0.3) is 0 Å². The van der Waals surface area contributed by atoms with Gasteiger partial charge in [0.25, 0.3) is 0 Å². The molecule has 0 amide bonds. The van der Waals surface area contributed by atoms with Crippen molar-refractivity contribution in [2.75, 3.05) is 6.61 Å². The van der Waals surface area contributed by atoms with Gasteiger partial charge in [0.2, 0.25) is 0 Å². The van der Waals surface area contributed by atoms with E-state index >= 15 is 0 Å². The maximum atomic E-state index is 11.3. The fourth-order valence-electron chi connectivity index (χ4n) is 1.29. The summed E-state index contributed by atoms with van der Waals surface area (Å²) >= 11 is 3.37. The Morgan fingerprint density at radius 3 is 3.15 bits per heavy atom. The lowest BCUT2D eigenvalue weighted by atomic mass is 10.3. The van der Waals surface area contributed by atoms with E-state index in [9.17, 15) is 4.79 Å². The number of ether oxygens (including phenoxy) is 1. The minimum atomic E-state index is -0.170. The highest BCUT2D eigenvalue weighted by molar-refractivity contribution is 8.09. The Labute approximate surface area is 85.8 Å². The predicted octanol–water partition coefficient (Wildman–Crippen LogP) is 2.18. The number of hydrogen-bond acceptors (Lipinski definition) is 4. The Morgan fingerprint density at radius 1 is 1.62 bits per heavy atom. The first-order chi connectivity index (χ1) is 6.31. The van der Waals surface area contributed by atoms with Crippen molar-refractivity contribution in [1.29, 1.82) is 0 Å². The number of carbonyl (C=O) groups is 1. The summed E-state index contributed by atoms with van der Waals surface area (Å²) in [4.78, 5) is 12.1. The second-order valence-corrected chi connectivity index (χ2v) is 5.07. The number of carbonyl (C=O) groups excluding carboxylic acids is 1. The summed E-state index contributed by atoms with van der Waals surface area (Å²) in [5.41, 5.74) is 0. The van der Waals surface area contributed by atoms with Crippen LogP contribution in [-0.4, -0.2) is 23.1 Å². The van der Waals surface area contributed by atoms with E-state index in [0.29, 0.717) is 17.1 Å². The summed E-state index contributed by atoms with van der Waals surface area (Å²) in [6, 6.07) is 0. The third-order valence-corrected chi connectivity index (χ3v) is 4.39. The lowest BCUT2D eigenvalue weighted by molar-refractivity contribution is -0.137. The molecule has 13 heavy (non-hydrogen) atoms. The highest BCUT2D eigenvalue weighted by Gasteiger charge is 2.32. The fraction of sp³-hybridized carbons (Fsp3) is 0.444. The molecule has 4 heteroatoms. The first-order valence-electron chi connectivity index (χ1n) is 4.19. The molecule has 2 atom stereocenters. The van der Waals surface area contributed by atoms with Gasteiger partial charge in [-0.2, -0.15) is 0 Å². The molecule has 2 rings (SSSR count). The molecular formula is C9H10O2S2. The van der Waals surface area contributed by atoms with Crippen LogP contribution in [0, 0.1) is 0 Å². The van der Waals surface area contributed by atoms with Gasteiger partial charge >= 0.3 is 5.97 Å². The summed E-state index contributed by atoms with van der Waals surface area (Å²) in [6.07, 6.45) is 4.15. The summed E-state index contributed by atoms with van der Waals surface area (Å²) in [5.74, 6) is -0.170. The van der Waals surface area contributed by atoms with Crippen molar-refractivity contribution in [1.82, 2.24) is 0 Å². The predicted molar refractivity (Wildman–Crippen MR) is 56.6 cm³/mol. The van der Waals surface area contributed by atoms with Crippen LogP contribution in [0.3, 0.4) is 0 Å². The van der Waals surface area contributed by atoms with E-state index in [1.165, 1.54) is 0 Å². The highest BCUT2D eigenvalue weighted by Crippen LogP contribution is 2.44. The quantitative estimate of drug-likeness (QED) is 0.658. The van der Waals surface area contributed by atoms with Crippen molar-refractivity contribution in [3.8, 4) is 0 Å². The molecule has 0 radical (unpaired) electrons. The molecule has 2 heterocycles. The Kier molecular flexibility index (Phi) is 2.69. The van der Waals surface area contributed by atoms with Gasteiger partial charge in [0, 0.05) is 10.5 Å². The fourth-order valence-corrected chi connectivity index (χ4v) is 3.78. The molecule has 2 aliphatic rings. The van der Waals surface area contributed by atoms with Crippen LogP contribution >= 0.6 is 23.5 Å². The van der Waals surface area contributed by atoms with Crippen molar-refractivity contribution in [3.05, 3.63) is 22.5 Å². The van der Waals surface area contributed by atoms with Gasteiger partial charge in [-0.15, -0.1) is 23.5 Å². The molecule has 0 aromatic rings. The number of fused-ring (bicyclic) bond motifs is 1. The third kappa shape index (κ3) is 1.79. The minimum Gasteiger partial charge on any atom is -0.462 e. The van der Waals surface area contributed by atoms with Crippen LogP contribution in [-0.2, 0) is 9.53 Å². The summed E-state index contributed by atoms with van der Waals surface area (Å²) < 4.78 is 4.93. The average Bonchev–Trinajstić information content (AvgIpc) is 2.61.